The number of ether oxygens (including phenoxy) is 2. The fraction of sp³-hybridized carbons (Fsp3) is 0.556. The van der Waals surface area contributed by atoms with E-state index in [2.05, 4.69) is 4.74 Å². The first-order valence-electron chi connectivity index (χ1n) is 4.08. The molecular formula is C9H14O4. The van der Waals surface area contributed by atoms with Crippen LogP contribution < -0.4 is 0 Å². The van der Waals surface area contributed by atoms with Gasteiger partial charge in [0, 0.05) is 0 Å². The van der Waals surface area contributed by atoms with Crippen molar-refractivity contribution in [2.75, 3.05) is 13.2 Å². The molecule has 0 aliphatic carbocycles. The van der Waals surface area contributed by atoms with Crippen molar-refractivity contribution in [2.24, 2.45) is 0 Å². The van der Waals surface area contributed by atoms with Gasteiger partial charge in [0.25, 0.3) is 0 Å². The van der Waals surface area contributed by atoms with E-state index in [0.717, 1.165) is 0 Å². The second-order valence-corrected chi connectivity index (χ2v) is 2.39. The van der Waals surface area contributed by atoms with Gasteiger partial charge in [-0.25, -0.2) is 0 Å². The Morgan fingerprint density at radius 1 is 1.38 bits per heavy atom. The molecular weight excluding hydrogens is 172 g/mol. The maximum atomic E-state index is 10.8. The average molecular weight is 186 g/mol. The second kappa shape index (κ2) is 7.34. The van der Waals surface area contributed by atoms with E-state index in [-0.39, 0.29) is 18.8 Å². The minimum absolute atomic E-state index is 0.145. The van der Waals surface area contributed by atoms with Crippen molar-refractivity contribution in [1.82, 2.24) is 0 Å². The van der Waals surface area contributed by atoms with Crippen molar-refractivity contribution < 1.29 is 19.1 Å². The number of ketones is 1. The van der Waals surface area contributed by atoms with Crippen molar-refractivity contribution in [3.8, 4) is 0 Å². The van der Waals surface area contributed by atoms with Gasteiger partial charge in [0.15, 0.2) is 0 Å². The average Bonchev–Trinajstić information content (AvgIpc) is 2.02. The Bertz CT molecular complexity index is 196. The van der Waals surface area contributed by atoms with Crippen LogP contribution in [0.2, 0.25) is 0 Å². The predicted octanol–water partition coefficient (Wildman–Crippen LogP) is 1.06. The lowest BCUT2D eigenvalue weighted by molar-refractivity contribution is -0.144. The molecule has 4 heteroatoms. The summed E-state index contributed by atoms with van der Waals surface area (Å²) in [6.07, 6.45) is 2.87. The number of Topliss-reactive ketones (excluding diaryl/α,β-unsaturated/α-hetero) is 1. The number of esters is 1. The molecule has 0 radical (unpaired) electrons. The topological polar surface area (TPSA) is 52.6 Å². The Morgan fingerprint density at radius 3 is 2.62 bits per heavy atom. The molecule has 0 unspecified atom stereocenters. The van der Waals surface area contributed by atoms with E-state index in [0.29, 0.717) is 6.61 Å². The SMILES string of the molecule is CCOC=CCOC(=O)CC(C)=O. The highest BCUT2D eigenvalue weighted by atomic mass is 16.5. The van der Waals surface area contributed by atoms with E-state index in [4.69, 9.17) is 4.74 Å². The minimum Gasteiger partial charge on any atom is -0.502 e. The maximum Gasteiger partial charge on any atom is 0.313 e. The van der Waals surface area contributed by atoms with Crippen LogP contribution in [-0.2, 0) is 19.1 Å². The largest absolute Gasteiger partial charge is 0.502 e. The molecule has 0 N–H and O–H groups in total. The number of carbonyl (C=O) groups excluding carboxylic acids is 2. The van der Waals surface area contributed by atoms with E-state index < -0.39 is 5.97 Å². The van der Waals surface area contributed by atoms with Crippen LogP contribution in [0.15, 0.2) is 12.3 Å². The molecule has 0 saturated carbocycles. The first-order chi connectivity index (χ1) is 6.16. The van der Waals surface area contributed by atoms with Crippen LogP contribution in [0.3, 0.4) is 0 Å². The summed E-state index contributed by atoms with van der Waals surface area (Å²) in [6, 6.07) is 0. The van der Waals surface area contributed by atoms with E-state index in [1.54, 1.807) is 6.08 Å². The minimum atomic E-state index is -0.506. The maximum absolute atomic E-state index is 10.8. The second-order valence-electron chi connectivity index (χ2n) is 2.39. The molecule has 0 aromatic rings. The molecule has 0 aliphatic rings. The van der Waals surface area contributed by atoms with Gasteiger partial charge in [0.1, 0.15) is 18.8 Å². The third kappa shape index (κ3) is 8.59. The predicted molar refractivity (Wildman–Crippen MR) is 47.0 cm³/mol. The third-order valence-corrected chi connectivity index (χ3v) is 1.09. The van der Waals surface area contributed by atoms with Crippen LogP contribution in [0.1, 0.15) is 20.3 Å². The number of carbonyl (C=O) groups is 2. The van der Waals surface area contributed by atoms with Crippen molar-refractivity contribution in [3.63, 3.8) is 0 Å². The van der Waals surface area contributed by atoms with E-state index in [1.807, 2.05) is 6.92 Å². The highest BCUT2D eigenvalue weighted by Crippen LogP contribution is 1.88. The van der Waals surface area contributed by atoms with Gasteiger partial charge in [-0.3, -0.25) is 9.59 Å². The number of hydrogen-bond acceptors (Lipinski definition) is 4. The Hall–Kier alpha value is -1.32. The normalized spacial score (nSPS) is 10.0. The van der Waals surface area contributed by atoms with Crippen molar-refractivity contribution >= 4 is 11.8 Å². The molecule has 0 spiro atoms. The molecule has 0 rings (SSSR count). The molecule has 0 saturated heterocycles. The Labute approximate surface area is 77.5 Å². The first kappa shape index (κ1) is 11.7. The van der Waals surface area contributed by atoms with Crippen LogP contribution in [0.4, 0.5) is 0 Å². The third-order valence-electron chi connectivity index (χ3n) is 1.09. The summed E-state index contributed by atoms with van der Waals surface area (Å²) in [5.74, 6) is -0.701. The molecule has 0 heterocycles. The number of hydrogen-bond donors (Lipinski definition) is 0. The molecule has 0 bridgehead atoms. The zero-order valence-corrected chi connectivity index (χ0v) is 7.91. The molecule has 74 valence electrons. The quantitative estimate of drug-likeness (QED) is 0.353. The summed E-state index contributed by atoms with van der Waals surface area (Å²) < 4.78 is 9.53. The Kier molecular flexibility index (Phi) is 6.59. The monoisotopic (exact) mass is 186 g/mol. The van der Waals surface area contributed by atoms with Crippen LogP contribution in [0, 0.1) is 0 Å². The van der Waals surface area contributed by atoms with E-state index in [1.165, 1.54) is 13.2 Å². The van der Waals surface area contributed by atoms with Gasteiger partial charge in [-0.05, 0) is 19.9 Å². The summed E-state index contributed by atoms with van der Waals surface area (Å²) >= 11 is 0. The number of rotatable bonds is 6. The van der Waals surface area contributed by atoms with Crippen LogP contribution >= 0.6 is 0 Å². The van der Waals surface area contributed by atoms with E-state index in [9.17, 15) is 9.59 Å². The Balaban J connectivity index is 3.42. The van der Waals surface area contributed by atoms with Gasteiger partial charge < -0.3 is 9.47 Å². The standard InChI is InChI=1S/C9H14O4/c1-3-12-5-4-6-13-9(11)7-8(2)10/h4-5H,3,6-7H2,1-2H3. The fourth-order valence-electron chi connectivity index (χ4n) is 0.599. The molecule has 0 atom stereocenters. The van der Waals surface area contributed by atoms with Crippen molar-refractivity contribution in [2.45, 2.75) is 20.3 Å². The molecule has 0 aromatic heterocycles. The van der Waals surface area contributed by atoms with Gasteiger partial charge in [0.2, 0.25) is 0 Å². The first-order valence-corrected chi connectivity index (χ1v) is 4.08. The van der Waals surface area contributed by atoms with Gasteiger partial charge in [-0.15, -0.1) is 0 Å². The molecule has 0 fully saturated rings. The van der Waals surface area contributed by atoms with Gasteiger partial charge >= 0.3 is 5.97 Å². The lowest BCUT2D eigenvalue weighted by Crippen LogP contribution is -2.08. The summed E-state index contributed by atoms with van der Waals surface area (Å²) in [7, 11) is 0. The molecule has 4 nitrogen and oxygen atoms in total. The fourth-order valence-corrected chi connectivity index (χ4v) is 0.599. The zero-order chi connectivity index (χ0) is 10.1. The highest BCUT2D eigenvalue weighted by molar-refractivity contribution is 5.94. The van der Waals surface area contributed by atoms with Crippen LogP contribution in [0.25, 0.3) is 0 Å². The van der Waals surface area contributed by atoms with Crippen molar-refractivity contribution in [1.29, 1.82) is 0 Å². The molecule has 0 aliphatic heterocycles. The lowest BCUT2D eigenvalue weighted by atomic mass is 10.3. The summed E-state index contributed by atoms with van der Waals surface area (Å²) in [6.45, 7) is 3.92. The van der Waals surface area contributed by atoms with Crippen LogP contribution in [0.5, 0.6) is 0 Å². The zero-order valence-electron chi connectivity index (χ0n) is 7.91. The van der Waals surface area contributed by atoms with Gasteiger partial charge in [-0.2, -0.15) is 0 Å². The summed E-state index contributed by atoms with van der Waals surface area (Å²) in [4.78, 5) is 21.2. The van der Waals surface area contributed by atoms with Crippen LogP contribution in [-0.4, -0.2) is 25.0 Å². The van der Waals surface area contributed by atoms with Gasteiger partial charge in [-0.1, -0.05) is 0 Å². The summed E-state index contributed by atoms with van der Waals surface area (Å²) in [5.41, 5.74) is 0. The smallest absolute Gasteiger partial charge is 0.313 e. The lowest BCUT2D eigenvalue weighted by Gasteiger charge is -1.98. The molecule has 0 aromatic carbocycles. The van der Waals surface area contributed by atoms with E-state index >= 15 is 0 Å². The molecule has 0 amide bonds. The highest BCUT2D eigenvalue weighted by Gasteiger charge is 2.04. The summed E-state index contributed by atoms with van der Waals surface area (Å²) in [5, 5.41) is 0. The Morgan fingerprint density at radius 2 is 2.08 bits per heavy atom. The molecule has 13 heavy (non-hydrogen) atoms. The van der Waals surface area contributed by atoms with Gasteiger partial charge in [0.05, 0.1) is 12.9 Å². The van der Waals surface area contributed by atoms with Crippen molar-refractivity contribution in [3.05, 3.63) is 12.3 Å².